The number of nitrogens with two attached hydrogens (primary N) is 1. The van der Waals surface area contributed by atoms with Gasteiger partial charge in [-0.1, -0.05) is 30.3 Å². The van der Waals surface area contributed by atoms with E-state index in [2.05, 4.69) is 21.6 Å². The maximum absolute atomic E-state index is 5.66. The van der Waals surface area contributed by atoms with Gasteiger partial charge in [-0.15, -0.1) is 5.10 Å². The molecule has 3 aromatic rings. The Kier molecular flexibility index (Phi) is 3.76. The Bertz CT molecular complexity index is 696. The van der Waals surface area contributed by atoms with Crippen LogP contribution in [0, 0.1) is 0 Å². The molecule has 2 aromatic carbocycles. The average molecular weight is 283 g/mol. The minimum Gasteiger partial charge on any atom is -0.326 e. The lowest BCUT2D eigenvalue weighted by atomic mass is 10.2. The Morgan fingerprint density at radius 2 is 1.90 bits per heavy atom. The van der Waals surface area contributed by atoms with Crippen molar-refractivity contribution >= 4 is 11.8 Å². The van der Waals surface area contributed by atoms with Gasteiger partial charge in [-0.05, 0) is 52.0 Å². The largest absolute Gasteiger partial charge is 0.326 e. The highest BCUT2D eigenvalue weighted by molar-refractivity contribution is 7.99. The van der Waals surface area contributed by atoms with Crippen molar-refractivity contribution in [2.75, 3.05) is 0 Å². The van der Waals surface area contributed by atoms with E-state index >= 15 is 0 Å². The molecule has 3 rings (SSSR count). The number of para-hydroxylation sites is 1. The van der Waals surface area contributed by atoms with Crippen molar-refractivity contribution in [2.45, 2.75) is 16.6 Å². The SMILES string of the molecule is NCc1cccc(Sc2nnnn2-c2ccccc2)c1. The number of tetrazole rings is 1. The summed E-state index contributed by atoms with van der Waals surface area (Å²) in [5.41, 5.74) is 7.69. The van der Waals surface area contributed by atoms with Crippen LogP contribution in [0.1, 0.15) is 5.56 Å². The molecule has 0 fully saturated rings. The third-order valence-corrected chi connectivity index (χ3v) is 3.71. The Balaban J connectivity index is 1.90. The zero-order valence-corrected chi connectivity index (χ0v) is 11.5. The van der Waals surface area contributed by atoms with E-state index in [4.69, 9.17) is 5.73 Å². The molecule has 1 aromatic heterocycles. The highest BCUT2D eigenvalue weighted by atomic mass is 32.2. The Labute approximate surface area is 120 Å². The molecule has 0 bridgehead atoms. The first kappa shape index (κ1) is 12.8. The molecule has 0 saturated heterocycles. The van der Waals surface area contributed by atoms with Crippen LogP contribution >= 0.6 is 11.8 Å². The molecule has 0 unspecified atom stereocenters. The number of nitrogens with zero attached hydrogens (tertiary/aromatic N) is 4. The van der Waals surface area contributed by atoms with Crippen molar-refractivity contribution in [3.63, 3.8) is 0 Å². The van der Waals surface area contributed by atoms with Crippen LogP contribution in [0.5, 0.6) is 0 Å². The lowest BCUT2D eigenvalue weighted by Crippen LogP contribution is -1.99. The van der Waals surface area contributed by atoms with E-state index in [1.165, 1.54) is 11.8 Å². The summed E-state index contributed by atoms with van der Waals surface area (Å²) >= 11 is 1.52. The molecule has 0 saturated carbocycles. The molecule has 0 aliphatic rings. The number of rotatable bonds is 4. The minimum absolute atomic E-state index is 0.526. The highest BCUT2D eigenvalue weighted by Gasteiger charge is 2.09. The molecule has 0 aliphatic heterocycles. The van der Waals surface area contributed by atoms with Crippen LogP contribution in [0.25, 0.3) is 5.69 Å². The van der Waals surface area contributed by atoms with Gasteiger partial charge in [-0.3, -0.25) is 0 Å². The topological polar surface area (TPSA) is 69.6 Å². The molecule has 0 spiro atoms. The number of hydrogen-bond acceptors (Lipinski definition) is 5. The van der Waals surface area contributed by atoms with Gasteiger partial charge in [0.15, 0.2) is 0 Å². The minimum atomic E-state index is 0.526. The van der Waals surface area contributed by atoms with E-state index in [9.17, 15) is 0 Å². The van der Waals surface area contributed by atoms with Crippen LogP contribution in [0.2, 0.25) is 0 Å². The summed E-state index contributed by atoms with van der Waals surface area (Å²) in [6.45, 7) is 0.526. The third-order valence-electron chi connectivity index (χ3n) is 2.78. The maximum atomic E-state index is 5.66. The Morgan fingerprint density at radius 3 is 2.70 bits per heavy atom. The quantitative estimate of drug-likeness (QED) is 0.795. The summed E-state index contributed by atoms with van der Waals surface area (Å²) in [5, 5.41) is 12.6. The Hall–Kier alpha value is -2.18. The van der Waals surface area contributed by atoms with Crippen LogP contribution in [0.4, 0.5) is 0 Å². The fraction of sp³-hybridized carbons (Fsp3) is 0.0714. The van der Waals surface area contributed by atoms with Crippen LogP contribution in [-0.2, 0) is 6.54 Å². The first-order chi connectivity index (χ1) is 9.86. The van der Waals surface area contributed by atoms with Gasteiger partial charge in [0.2, 0.25) is 5.16 Å². The van der Waals surface area contributed by atoms with E-state index < -0.39 is 0 Å². The zero-order valence-electron chi connectivity index (χ0n) is 10.7. The fourth-order valence-electron chi connectivity index (χ4n) is 1.82. The first-order valence-electron chi connectivity index (χ1n) is 6.17. The predicted molar refractivity (Wildman–Crippen MR) is 77.6 cm³/mol. The molecule has 6 heteroatoms. The van der Waals surface area contributed by atoms with Crippen LogP contribution in [0.3, 0.4) is 0 Å². The zero-order chi connectivity index (χ0) is 13.8. The van der Waals surface area contributed by atoms with Crippen molar-refractivity contribution < 1.29 is 0 Å². The molecule has 20 heavy (non-hydrogen) atoms. The molecule has 100 valence electrons. The summed E-state index contributed by atoms with van der Waals surface area (Å²) in [5.74, 6) is 0. The standard InChI is InChI=1S/C14H13N5S/c15-10-11-5-4-8-13(9-11)20-14-16-17-18-19(14)12-6-2-1-3-7-12/h1-9H,10,15H2. The Morgan fingerprint density at radius 1 is 1.05 bits per heavy atom. The summed E-state index contributed by atoms with van der Waals surface area (Å²) in [7, 11) is 0. The van der Waals surface area contributed by atoms with E-state index in [-0.39, 0.29) is 0 Å². The molecular formula is C14H13N5S. The second kappa shape index (κ2) is 5.85. The van der Waals surface area contributed by atoms with E-state index in [1.54, 1.807) is 4.68 Å². The predicted octanol–water partition coefficient (Wildman–Crippen LogP) is 2.27. The average Bonchev–Trinajstić information content (AvgIpc) is 2.96. The van der Waals surface area contributed by atoms with Crippen molar-refractivity contribution in [3.05, 3.63) is 60.2 Å². The lowest BCUT2D eigenvalue weighted by Gasteiger charge is -2.05. The highest BCUT2D eigenvalue weighted by Crippen LogP contribution is 2.27. The smallest absolute Gasteiger partial charge is 0.218 e. The third kappa shape index (κ3) is 2.71. The summed E-state index contributed by atoms with van der Waals surface area (Å²) < 4.78 is 1.72. The van der Waals surface area contributed by atoms with Crippen LogP contribution in [-0.4, -0.2) is 20.2 Å². The van der Waals surface area contributed by atoms with Crippen molar-refractivity contribution in [2.24, 2.45) is 5.73 Å². The van der Waals surface area contributed by atoms with E-state index in [1.807, 2.05) is 48.5 Å². The molecule has 0 atom stereocenters. The second-order valence-electron chi connectivity index (χ2n) is 4.16. The monoisotopic (exact) mass is 283 g/mol. The van der Waals surface area contributed by atoms with Crippen molar-refractivity contribution in [3.8, 4) is 5.69 Å². The molecule has 2 N–H and O–H groups in total. The fourth-order valence-corrected chi connectivity index (χ4v) is 2.69. The van der Waals surface area contributed by atoms with Gasteiger partial charge in [-0.25, -0.2) is 0 Å². The normalized spacial score (nSPS) is 10.7. The van der Waals surface area contributed by atoms with Gasteiger partial charge in [0.25, 0.3) is 0 Å². The number of aromatic nitrogens is 4. The van der Waals surface area contributed by atoms with Crippen LogP contribution in [0.15, 0.2) is 64.6 Å². The maximum Gasteiger partial charge on any atom is 0.218 e. The first-order valence-corrected chi connectivity index (χ1v) is 6.99. The summed E-state index contributed by atoms with van der Waals surface area (Å²) in [6.07, 6.45) is 0. The van der Waals surface area contributed by atoms with Gasteiger partial charge in [0.05, 0.1) is 5.69 Å². The van der Waals surface area contributed by atoms with Gasteiger partial charge < -0.3 is 5.73 Å². The second-order valence-corrected chi connectivity index (χ2v) is 5.20. The van der Waals surface area contributed by atoms with Crippen LogP contribution < -0.4 is 5.73 Å². The van der Waals surface area contributed by atoms with Gasteiger partial charge in [0, 0.05) is 11.4 Å². The molecule has 0 amide bonds. The van der Waals surface area contributed by atoms with E-state index in [0.717, 1.165) is 21.3 Å². The molecule has 5 nitrogen and oxygen atoms in total. The van der Waals surface area contributed by atoms with Gasteiger partial charge in [-0.2, -0.15) is 4.68 Å². The van der Waals surface area contributed by atoms with Crippen molar-refractivity contribution in [1.29, 1.82) is 0 Å². The van der Waals surface area contributed by atoms with Gasteiger partial charge >= 0.3 is 0 Å². The number of benzene rings is 2. The summed E-state index contributed by atoms with van der Waals surface area (Å²) in [4.78, 5) is 1.07. The van der Waals surface area contributed by atoms with Gasteiger partial charge in [0.1, 0.15) is 0 Å². The lowest BCUT2D eigenvalue weighted by molar-refractivity contribution is 0.756. The molecule has 0 radical (unpaired) electrons. The molecule has 0 aliphatic carbocycles. The number of hydrogen-bond donors (Lipinski definition) is 1. The molecular weight excluding hydrogens is 270 g/mol. The van der Waals surface area contributed by atoms with E-state index in [0.29, 0.717) is 6.54 Å². The summed E-state index contributed by atoms with van der Waals surface area (Å²) in [6, 6.07) is 17.9. The van der Waals surface area contributed by atoms with Crippen molar-refractivity contribution in [1.82, 2.24) is 20.2 Å². The molecule has 1 heterocycles.